The van der Waals surface area contributed by atoms with Gasteiger partial charge in [0.15, 0.2) is 0 Å². The number of fused-ring (bicyclic) bond motifs is 1. The number of nitrogens with one attached hydrogen (secondary N) is 1. The zero-order valence-electron chi connectivity index (χ0n) is 13.8. The van der Waals surface area contributed by atoms with Crippen molar-refractivity contribution in [2.45, 2.75) is 38.8 Å². The second kappa shape index (κ2) is 6.32. The van der Waals surface area contributed by atoms with Crippen molar-refractivity contribution in [3.63, 3.8) is 0 Å². The van der Waals surface area contributed by atoms with E-state index in [1.54, 1.807) is 20.8 Å². The summed E-state index contributed by atoms with van der Waals surface area (Å²) in [5.41, 5.74) is 1.17. The van der Waals surface area contributed by atoms with Gasteiger partial charge in [-0.3, -0.25) is 0 Å². The lowest BCUT2D eigenvalue weighted by Crippen LogP contribution is -2.44. The molecule has 0 radical (unpaired) electrons. The van der Waals surface area contributed by atoms with Crippen molar-refractivity contribution < 1.29 is 19.4 Å². The number of carboxylic acid groups (broad SMARTS) is 1. The van der Waals surface area contributed by atoms with Crippen molar-refractivity contribution in [1.29, 1.82) is 0 Å². The van der Waals surface area contributed by atoms with E-state index < -0.39 is 23.7 Å². The van der Waals surface area contributed by atoms with E-state index in [1.807, 2.05) is 41.9 Å². The molecule has 2 aromatic rings. The standard InChI is InChI=1S/C17H22N2O4/c1-17(2,3)23-16(22)18-13(15(20)21)10-12-9-11-7-5-6-8-14(11)19(12)4/h5-9,13H,10H2,1-4H3,(H,18,22)(H,20,21)/t13-/m0/s1. The van der Waals surface area contributed by atoms with Crippen LogP contribution in [0.3, 0.4) is 0 Å². The molecule has 1 amide bonds. The summed E-state index contributed by atoms with van der Waals surface area (Å²) in [4.78, 5) is 23.3. The summed E-state index contributed by atoms with van der Waals surface area (Å²) in [5, 5.41) is 12.8. The van der Waals surface area contributed by atoms with Gasteiger partial charge in [-0.15, -0.1) is 0 Å². The number of ether oxygens (including phenoxy) is 1. The van der Waals surface area contributed by atoms with Gasteiger partial charge in [0.05, 0.1) is 0 Å². The molecule has 6 nitrogen and oxygen atoms in total. The van der Waals surface area contributed by atoms with Crippen LogP contribution in [-0.4, -0.2) is 33.4 Å². The summed E-state index contributed by atoms with van der Waals surface area (Å²) in [6, 6.07) is 8.68. The number of rotatable bonds is 4. The zero-order valence-corrected chi connectivity index (χ0v) is 13.8. The predicted molar refractivity (Wildman–Crippen MR) is 87.4 cm³/mol. The molecule has 0 saturated carbocycles. The van der Waals surface area contributed by atoms with Gasteiger partial charge in [0.25, 0.3) is 0 Å². The number of aryl methyl sites for hydroxylation is 1. The first-order chi connectivity index (χ1) is 10.7. The smallest absolute Gasteiger partial charge is 0.408 e. The number of hydrogen-bond acceptors (Lipinski definition) is 3. The number of carbonyl (C=O) groups excluding carboxylic acids is 1. The second-order valence-corrected chi connectivity index (χ2v) is 6.49. The fourth-order valence-electron chi connectivity index (χ4n) is 2.40. The maximum absolute atomic E-state index is 11.8. The van der Waals surface area contributed by atoms with Crippen LogP contribution in [0, 0.1) is 0 Å². The number of nitrogens with zero attached hydrogens (tertiary/aromatic N) is 1. The highest BCUT2D eigenvalue weighted by Gasteiger charge is 2.25. The van der Waals surface area contributed by atoms with Crippen molar-refractivity contribution >= 4 is 23.0 Å². The van der Waals surface area contributed by atoms with E-state index in [-0.39, 0.29) is 6.42 Å². The maximum Gasteiger partial charge on any atom is 0.408 e. The molecular formula is C17H22N2O4. The highest BCUT2D eigenvalue weighted by molar-refractivity contribution is 5.83. The van der Waals surface area contributed by atoms with Gasteiger partial charge in [0, 0.05) is 24.7 Å². The van der Waals surface area contributed by atoms with Crippen LogP contribution in [0.5, 0.6) is 0 Å². The molecule has 0 aliphatic heterocycles. The molecule has 0 unspecified atom stereocenters. The van der Waals surface area contributed by atoms with Gasteiger partial charge in [0.1, 0.15) is 11.6 Å². The number of carboxylic acids is 1. The van der Waals surface area contributed by atoms with Crippen LogP contribution in [0.25, 0.3) is 10.9 Å². The fourth-order valence-corrected chi connectivity index (χ4v) is 2.40. The van der Waals surface area contributed by atoms with E-state index in [0.717, 1.165) is 16.6 Å². The molecule has 0 aliphatic rings. The van der Waals surface area contributed by atoms with Crippen molar-refractivity contribution in [2.75, 3.05) is 0 Å². The maximum atomic E-state index is 11.8. The minimum absolute atomic E-state index is 0.180. The Morgan fingerprint density at radius 3 is 2.52 bits per heavy atom. The molecule has 6 heteroatoms. The number of hydrogen-bond donors (Lipinski definition) is 2. The first kappa shape index (κ1) is 16.9. The lowest BCUT2D eigenvalue weighted by molar-refractivity contribution is -0.139. The minimum atomic E-state index is -1.10. The summed E-state index contributed by atoms with van der Waals surface area (Å²) in [5.74, 6) is -1.10. The summed E-state index contributed by atoms with van der Waals surface area (Å²) in [6.45, 7) is 5.19. The first-order valence-corrected chi connectivity index (χ1v) is 7.43. The zero-order chi connectivity index (χ0) is 17.2. The summed E-state index contributed by atoms with van der Waals surface area (Å²) in [7, 11) is 1.88. The van der Waals surface area contributed by atoms with E-state index in [0.29, 0.717) is 0 Å². The SMILES string of the molecule is Cn1c(C[C@H](NC(=O)OC(C)(C)C)C(=O)O)cc2ccccc21. The average molecular weight is 318 g/mol. The van der Waals surface area contributed by atoms with Crippen LogP contribution in [0.4, 0.5) is 4.79 Å². The lowest BCUT2D eigenvalue weighted by Gasteiger charge is -2.22. The topological polar surface area (TPSA) is 80.6 Å². The van der Waals surface area contributed by atoms with Gasteiger partial charge >= 0.3 is 12.1 Å². The van der Waals surface area contributed by atoms with Crippen LogP contribution >= 0.6 is 0 Å². The molecule has 23 heavy (non-hydrogen) atoms. The van der Waals surface area contributed by atoms with Gasteiger partial charge < -0.3 is 19.7 Å². The molecule has 1 atom stereocenters. The monoisotopic (exact) mass is 318 g/mol. The Morgan fingerprint density at radius 1 is 1.30 bits per heavy atom. The normalized spacial score (nSPS) is 12.9. The van der Waals surface area contributed by atoms with Gasteiger partial charge in [0.2, 0.25) is 0 Å². The van der Waals surface area contributed by atoms with Crippen LogP contribution in [-0.2, 0) is 23.0 Å². The summed E-state index contributed by atoms with van der Waals surface area (Å²) < 4.78 is 7.06. The minimum Gasteiger partial charge on any atom is -0.480 e. The van der Waals surface area contributed by atoms with E-state index in [4.69, 9.17) is 4.74 Å². The molecule has 0 aliphatic carbocycles. The molecule has 1 heterocycles. The molecule has 2 rings (SSSR count). The Hall–Kier alpha value is -2.50. The van der Waals surface area contributed by atoms with Crippen LogP contribution < -0.4 is 5.32 Å². The van der Waals surface area contributed by atoms with Crippen LogP contribution in [0.2, 0.25) is 0 Å². The summed E-state index contributed by atoms with van der Waals surface area (Å²) in [6.07, 6.45) is -0.552. The van der Waals surface area contributed by atoms with E-state index in [9.17, 15) is 14.7 Å². The number of carbonyl (C=O) groups is 2. The third-order valence-corrected chi connectivity index (χ3v) is 3.45. The molecule has 1 aromatic carbocycles. The number of alkyl carbamates (subject to hydrolysis) is 1. The first-order valence-electron chi connectivity index (χ1n) is 7.43. The van der Waals surface area contributed by atoms with Crippen molar-refractivity contribution in [1.82, 2.24) is 9.88 Å². The molecule has 0 bridgehead atoms. The quantitative estimate of drug-likeness (QED) is 0.908. The van der Waals surface area contributed by atoms with E-state index >= 15 is 0 Å². The molecule has 0 saturated heterocycles. The Labute approximate surface area is 135 Å². The number of aromatic nitrogens is 1. The van der Waals surface area contributed by atoms with E-state index in [1.165, 1.54) is 0 Å². The highest BCUT2D eigenvalue weighted by atomic mass is 16.6. The Morgan fingerprint density at radius 2 is 1.96 bits per heavy atom. The Balaban J connectivity index is 2.17. The number of amides is 1. The van der Waals surface area contributed by atoms with Gasteiger partial charge in [-0.2, -0.15) is 0 Å². The Kier molecular flexibility index (Phi) is 4.63. The van der Waals surface area contributed by atoms with Gasteiger partial charge in [-0.25, -0.2) is 9.59 Å². The van der Waals surface area contributed by atoms with Crippen molar-refractivity contribution in [3.05, 3.63) is 36.0 Å². The van der Waals surface area contributed by atoms with Crippen LogP contribution in [0.15, 0.2) is 30.3 Å². The van der Waals surface area contributed by atoms with Crippen LogP contribution in [0.1, 0.15) is 26.5 Å². The third-order valence-electron chi connectivity index (χ3n) is 3.45. The number of aliphatic carboxylic acids is 1. The lowest BCUT2D eigenvalue weighted by atomic mass is 10.1. The molecule has 124 valence electrons. The van der Waals surface area contributed by atoms with Crippen molar-refractivity contribution in [2.24, 2.45) is 7.05 Å². The number of benzene rings is 1. The summed E-state index contributed by atoms with van der Waals surface area (Å²) >= 11 is 0. The Bertz CT molecular complexity index is 728. The van der Waals surface area contributed by atoms with Crippen molar-refractivity contribution in [3.8, 4) is 0 Å². The highest BCUT2D eigenvalue weighted by Crippen LogP contribution is 2.19. The van der Waals surface area contributed by atoms with E-state index in [2.05, 4.69) is 5.32 Å². The molecule has 2 N–H and O–H groups in total. The molecule has 0 spiro atoms. The molecular weight excluding hydrogens is 296 g/mol. The fraction of sp³-hybridized carbons (Fsp3) is 0.412. The molecule has 0 fully saturated rings. The third kappa shape index (κ3) is 4.25. The average Bonchev–Trinajstić information content (AvgIpc) is 2.73. The number of para-hydroxylation sites is 1. The largest absolute Gasteiger partial charge is 0.480 e. The second-order valence-electron chi connectivity index (χ2n) is 6.49. The molecule has 1 aromatic heterocycles. The van der Waals surface area contributed by atoms with Gasteiger partial charge in [-0.1, -0.05) is 18.2 Å². The predicted octanol–water partition coefficient (Wildman–Crippen LogP) is 2.70. The van der Waals surface area contributed by atoms with Gasteiger partial charge in [-0.05, 0) is 38.3 Å².